The van der Waals surface area contributed by atoms with Crippen molar-refractivity contribution < 1.29 is 13.9 Å². The average Bonchev–Trinajstić information content (AvgIpc) is 1.72. The molecule has 0 heterocycles. The molecule has 0 nitrogen and oxygen atoms in total. The van der Waals surface area contributed by atoms with Crippen LogP contribution in [0.5, 0.6) is 0 Å². The molecule has 0 N–H and O–H groups in total. The Labute approximate surface area is 51.2 Å². The van der Waals surface area contributed by atoms with Crippen molar-refractivity contribution in [3.8, 4) is 0 Å². The monoisotopic (exact) mass is 143 g/mol. The van der Waals surface area contributed by atoms with Gasteiger partial charge in [-0.15, -0.1) is 0 Å². The van der Waals surface area contributed by atoms with Crippen LogP contribution in [0.15, 0.2) is 0 Å². The van der Waals surface area contributed by atoms with E-state index in [-0.39, 0.29) is 0 Å². The fourth-order valence-corrected chi connectivity index (χ4v) is 2.19. The molecule has 0 aliphatic carbocycles. The van der Waals surface area contributed by atoms with Crippen molar-refractivity contribution in [2.45, 2.75) is 36.7 Å². The zero-order chi connectivity index (χ0) is 5.70. The van der Waals surface area contributed by atoms with Gasteiger partial charge in [0.1, 0.15) is 0 Å². The third kappa shape index (κ3) is 3.13. The number of hydrogen-bond donors (Lipinski definition) is 0. The van der Waals surface area contributed by atoms with Gasteiger partial charge in [-0.1, -0.05) is 0 Å². The van der Waals surface area contributed by atoms with Crippen LogP contribution in [0.2, 0.25) is 16.0 Å². The Balaban J connectivity index is 2.99. The molecule has 0 atom stereocenters. The molecule has 0 saturated heterocycles. The van der Waals surface area contributed by atoms with Gasteiger partial charge < -0.3 is 0 Å². The second kappa shape index (κ2) is 4.67. The van der Waals surface area contributed by atoms with Gasteiger partial charge in [-0.25, -0.2) is 0 Å². The second-order valence-corrected chi connectivity index (χ2v) is 5.28. The molecule has 0 aromatic rings. The van der Waals surface area contributed by atoms with Crippen LogP contribution in [0.25, 0.3) is 0 Å². The van der Waals surface area contributed by atoms with Crippen molar-refractivity contribution in [1.82, 2.24) is 0 Å². The first kappa shape index (κ1) is 7.52. The molecule has 0 aliphatic rings. The van der Waals surface area contributed by atoms with E-state index in [0.717, 1.165) is 0 Å². The number of hydrogen-bond acceptors (Lipinski definition) is 0. The van der Waals surface area contributed by atoms with E-state index in [9.17, 15) is 0 Å². The van der Waals surface area contributed by atoms with Crippen molar-refractivity contribution in [3.63, 3.8) is 0 Å². The van der Waals surface area contributed by atoms with E-state index >= 15 is 0 Å². The van der Waals surface area contributed by atoms with Crippen LogP contribution in [0.3, 0.4) is 0 Å². The van der Waals surface area contributed by atoms with E-state index in [4.69, 9.17) is 0 Å². The van der Waals surface area contributed by atoms with E-state index in [2.05, 4.69) is 20.8 Å². The standard InChI is InChI=1S/3C2H5.Fe/c3*1-2;/h3*1H2,2H3;. The van der Waals surface area contributed by atoms with Gasteiger partial charge in [0.15, 0.2) is 0 Å². The molecule has 7 heavy (non-hydrogen) atoms. The topological polar surface area (TPSA) is 0 Å². The number of rotatable bonds is 3. The summed E-state index contributed by atoms with van der Waals surface area (Å²) in [6.07, 6.45) is 0. The molecule has 0 bridgehead atoms. The Hall–Kier alpha value is 0.519. The van der Waals surface area contributed by atoms with Crippen LogP contribution >= 0.6 is 0 Å². The maximum absolute atomic E-state index is 2.30. The van der Waals surface area contributed by atoms with Gasteiger partial charge in [0.25, 0.3) is 0 Å². The van der Waals surface area contributed by atoms with Crippen molar-refractivity contribution in [2.75, 3.05) is 0 Å². The van der Waals surface area contributed by atoms with E-state index in [0.29, 0.717) is 13.9 Å². The Bertz CT molecular complexity index is 25.7. The van der Waals surface area contributed by atoms with Crippen LogP contribution in [-0.2, 0) is 13.9 Å². The average molecular weight is 143 g/mol. The molecule has 0 radical (unpaired) electrons. The van der Waals surface area contributed by atoms with Crippen molar-refractivity contribution in [2.24, 2.45) is 0 Å². The summed E-state index contributed by atoms with van der Waals surface area (Å²) < 4.78 is 0. The molecular formula is C6H15Fe. The van der Waals surface area contributed by atoms with Gasteiger partial charge in [-0.05, 0) is 0 Å². The Morgan fingerprint density at radius 2 is 1.14 bits per heavy atom. The van der Waals surface area contributed by atoms with Crippen LogP contribution in [0.4, 0.5) is 0 Å². The minimum absolute atomic E-state index is 0.292. The van der Waals surface area contributed by atoms with Gasteiger partial charge in [0.2, 0.25) is 0 Å². The molecular weight excluding hydrogens is 128 g/mol. The zero-order valence-electron chi connectivity index (χ0n) is 5.47. The zero-order valence-corrected chi connectivity index (χ0v) is 6.58. The third-order valence-electron chi connectivity index (χ3n) is 1.06. The van der Waals surface area contributed by atoms with Gasteiger partial charge in [0, 0.05) is 0 Å². The maximum atomic E-state index is 2.30. The first-order valence-corrected chi connectivity index (χ1v) is 5.21. The van der Waals surface area contributed by atoms with Crippen molar-refractivity contribution in [1.29, 1.82) is 0 Å². The summed E-state index contributed by atoms with van der Waals surface area (Å²) in [5.74, 6) is 0. The van der Waals surface area contributed by atoms with Crippen LogP contribution in [0.1, 0.15) is 20.8 Å². The van der Waals surface area contributed by atoms with E-state index in [1.807, 2.05) is 0 Å². The molecule has 0 aromatic carbocycles. The first-order valence-electron chi connectivity index (χ1n) is 2.87. The Morgan fingerprint density at radius 1 is 0.857 bits per heavy atom. The molecule has 0 spiro atoms. The van der Waals surface area contributed by atoms with E-state index in [1.165, 1.54) is 16.0 Å². The summed E-state index contributed by atoms with van der Waals surface area (Å²) >= 11 is 0.292. The molecule has 0 rings (SSSR count). The molecule has 1 heteroatoms. The quantitative estimate of drug-likeness (QED) is 0.532. The molecule has 0 fully saturated rings. The van der Waals surface area contributed by atoms with Crippen LogP contribution < -0.4 is 0 Å². The normalized spacial score (nSPS) is 11.6. The molecule has 0 aromatic heterocycles. The third-order valence-corrected chi connectivity index (χ3v) is 4.37. The molecule has 0 amide bonds. The summed E-state index contributed by atoms with van der Waals surface area (Å²) in [7, 11) is 0. The Morgan fingerprint density at radius 3 is 1.14 bits per heavy atom. The first-order chi connectivity index (χ1) is 3.35. The fourth-order valence-electron chi connectivity index (χ4n) is 0.530. The van der Waals surface area contributed by atoms with Crippen LogP contribution in [-0.4, -0.2) is 0 Å². The van der Waals surface area contributed by atoms with Gasteiger partial charge >= 0.3 is 50.6 Å². The molecule has 0 unspecified atom stereocenters. The van der Waals surface area contributed by atoms with Crippen LogP contribution in [0, 0.1) is 0 Å². The second-order valence-electron chi connectivity index (χ2n) is 1.28. The van der Waals surface area contributed by atoms with Crippen molar-refractivity contribution >= 4 is 0 Å². The summed E-state index contributed by atoms with van der Waals surface area (Å²) in [4.78, 5) is 0. The van der Waals surface area contributed by atoms with E-state index < -0.39 is 0 Å². The van der Waals surface area contributed by atoms with E-state index in [1.54, 1.807) is 0 Å². The van der Waals surface area contributed by atoms with Gasteiger partial charge in [0.05, 0.1) is 0 Å². The Kier molecular flexibility index (Phi) is 5.02. The molecule has 0 aliphatic heterocycles. The van der Waals surface area contributed by atoms with Gasteiger partial charge in [-0.3, -0.25) is 0 Å². The predicted octanol–water partition coefficient (Wildman–Crippen LogP) is 2.92. The summed E-state index contributed by atoms with van der Waals surface area (Å²) in [5.41, 5.74) is 0. The summed E-state index contributed by atoms with van der Waals surface area (Å²) in [5, 5.41) is 4.31. The summed E-state index contributed by atoms with van der Waals surface area (Å²) in [6.45, 7) is 6.90. The molecule has 0 saturated carbocycles. The van der Waals surface area contributed by atoms with Crippen molar-refractivity contribution in [3.05, 3.63) is 0 Å². The minimum atomic E-state index is 0.292. The van der Waals surface area contributed by atoms with Gasteiger partial charge in [-0.2, -0.15) is 0 Å². The molecule has 47 valence electrons. The predicted molar refractivity (Wildman–Crippen MR) is 31.4 cm³/mol. The summed E-state index contributed by atoms with van der Waals surface area (Å²) in [6, 6.07) is 0. The fraction of sp³-hybridized carbons (Fsp3) is 1.00. The SMILES string of the molecule is C[CH2][Fe]([CH2]C)[CH2]C.